The smallest absolute Gasteiger partial charge is 0.338 e. The van der Waals surface area contributed by atoms with Gasteiger partial charge in [-0.2, -0.15) is 13.1 Å². The normalized spacial score (nSPS) is 14.1. The van der Waals surface area contributed by atoms with Crippen LogP contribution in [0.2, 0.25) is 0 Å². The zero-order chi connectivity index (χ0) is 105. The van der Waals surface area contributed by atoms with Gasteiger partial charge in [0, 0.05) is 95.2 Å². The van der Waals surface area contributed by atoms with Gasteiger partial charge in [-0.1, -0.05) is 94.6 Å². The Kier molecular flexibility index (Phi) is 47.3. The number of carboxylic acid groups (broad SMARTS) is 3. The highest BCUT2D eigenvalue weighted by molar-refractivity contribution is 7.89. The van der Waals surface area contributed by atoms with Gasteiger partial charge in [0.1, 0.15) is 70.1 Å². The van der Waals surface area contributed by atoms with Gasteiger partial charge in [0.05, 0.1) is 121 Å². The molecule has 50 heteroatoms. The molecule has 144 heavy (non-hydrogen) atoms. The number of nitrogens with two attached hydrogens (primary N) is 3. The van der Waals surface area contributed by atoms with Crippen molar-refractivity contribution in [3.05, 3.63) is 144 Å². The molecule has 16 N–H and O–H groups in total. The van der Waals surface area contributed by atoms with Gasteiger partial charge in [-0.3, -0.25) is 9.59 Å². The summed E-state index contributed by atoms with van der Waals surface area (Å²) in [4.78, 5) is 63.0. The summed E-state index contributed by atoms with van der Waals surface area (Å²) in [6.07, 6.45) is 2.46. The van der Waals surface area contributed by atoms with Gasteiger partial charge in [-0.05, 0) is 154 Å². The number of ether oxygens (including phenoxy) is 11. The number of anilines is 6. The fourth-order valence-corrected chi connectivity index (χ4v) is 16.7. The average Bonchev–Trinajstić information content (AvgIpc) is 0.924. The van der Waals surface area contributed by atoms with Crippen LogP contribution in [0.15, 0.2) is 142 Å². The molecule has 0 bridgehead atoms. The highest BCUT2D eigenvalue weighted by Gasteiger charge is 2.33. The lowest BCUT2D eigenvalue weighted by Crippen LogP contribution is -2.44. The summed E-state index contributed by atoms with van der Waals surface area (Å²) < 4.78 is 164. The summed E-state index contributed by atoms with van der Waals surface area (Å²) in [7, 11) is -12.8. The van der Waals surface area contributed by atoms with Crippen molar-refractivity contribution in [3.63, 3.8) is 0 Å². The predicted molar refractivity (Wildman–Crippen MR) is 548 cm³/mol. The third-order valence-corrected chi connectivity index (χ3v) is 24.7. The van der Waals surface area contributed by atoms with Crippen molar-refractivity contribution in [1.82, 2.24) is 42.2 Å². The van der Waals surface area contributed by atoms with E-state index >= 15 is 0 Å². The molecule has 0 radical (unpaired) electrons. The highest BCUT2D eigenvalue weighted by Crippen LogP contribution is 2.42. The van der Waals surface area contributed by atoms with Crippen molar-refractivity contribution in [2.24, 2.45) is 15.4 Å². The number of aromatic carboxylic acids is 1. The monoisotopic (exact) mass is 2120 g/mol. The second-order valence-corrected chi connectivity index (χ2v) is 42.1. The van der Waals surface area contributed by atoms with Crippen LogP contribution >= 0.6 is 35.2 Å². The van der Waals surface area contributed by atoms with Crippen molar-refractivity contribution in [2.45, 2.75) is 184 Å². The number of sulfonamides is 3. The Balaban J connectivity index is 0.000000238. The molecule has 3 aliphatic heterocycles. The molecule has 9 aromatic rings. The number of nitrogens with one attached hydrogen (secondary N) is 6. The van der Waals surface area contributed by atoms with Crippen LogP contribution in [0.3, 0.4) is 0 Å². The van der Waals surface area contributed by atoms with E-state index in [-0.39, 0.29) is 117 Å². The average molecular weight is 2120 g/mol. The molecule has 3 saturated heterocycles. The van der Waals surface area contributed by atoms with Crippen LogP contribution in [0, 0.1) is 0 Å². The lowest BCUT2D eigenvalue weighted by molar-refractivity contribution is -0.143. The molecule has 3 fully saturated rings. The number of esters is 2. The summed E-state index contributed by atoms with van der Waals surface area (Å²) in [6.45, 7) is 34.9. The van der Waals surface area contributed by atoms with E-state index in [2.05, 4.69) is 83.8 Å². The maximum absolute atomic E-state index is 13.6. The first-order valence-corrected chi connectivity index (χ1v) is 53.5. The number of aromatic nitrogens is 6. The fourth-order valence-electron chi connectivity index (χ4n) is 13.0. The first-order valence-electron chi connectivity index (χ1n) is 46.7. The summed E-state index contributed by atoms with van der Waals surface area (Å²) in [5.74, 6) is -0.524. The Bertz CT molecular complexity index is 5620. The van der Waals surface area contributed by atoms with Gasteiger partial charge >= 0.3 is 29.8 Å². The fraction of sp³-hybridized carbons (Fsp3) is 0.500. The van der Waals surface area contributed by atoms with E-state index in [9.17, 15) is 59.4 Å². The second-order valence-electron chi connectivity index (χ2n) is 35.9. The molecule has 792 valence electrons. The van der Waals surface area contributed by atoms with Crippen LogP contribution in [0.1, 0.15) is 166 Å². The quantitative estimate of drug-likeness (QED) is 0.0124. The molecule has 0 saturated carbocycles. The molecule has 0 aliphatic carbocycles. The number of aliphatic carboxylic acids is 2. The van der Waals surface area contributed by atoms with Crippen LogP contribution in [0.25, 0.3) is 0 Å². The number of carboxylic acids is 3. The minimum atomic E-state index is -4.31. The van der Waals surface area contributed by atoms with Crippen LogP contribution in [-0.4, -0.2) is 275 Å². The Morgan fingerprint density at radius 2 is 0.688 bits per heavy atom. The van der Waals surface area contributed by atoms with E-state index in [1.54, 1.807) is 78.9 Å². The molecule has 6 aromatic carbocycles. The Hall–Kier alpha value is -11.6. The molecule has 3 aromatic heterocycles. The number of hydrogen-bond acceptors (Lipinski definition) is 41. The number of carbonyl (C=O) groups is 5. The van der Waals surface area contributed by atoms with Gasteiger partial charge in [0.2, 0.25) is 47.5 Å². The number of morpholine rings is 3. The number of β-amino-alcohol motifs (C(OH)–C–C–N with tert-alkyl or cyclic N) is 1. The third-order valence-electron chi connectivity index (χ3n) is 20.4. The maximum atomic E-state index is 13.6. The Morgan fingerprint density at radius 1 is 0.410 bits per heavy atom. The van der Waals surface area contributed by atoms with E-state index in [0.717, 1.165) is 98.7 Å². The first kappa shape index (κ1) is 118. The number of primary sulfonamides is 3. The van der Waals surface area contributed by atoms with Crippen molar-refractivity contribution >= 4 is 130 Å². The van der Waals surface area contributed by atoms with Gasteiger partial charge in [-0.25, -0.2) is 55.1 Å². The first-order chi connectivity index (χ1) is 68.3. The lowest BCUT2D eigenvalue weighted by atomic mass is 10.1. The number of rotatable bonds is 47. The standard InChI is InChI=1S/2C30H42N6O7S2.C17H20N2O5S.C13H24N4O3S.C4H6O4/c2*1-5-6-12-32-24-17-21(18-25(45(31,38)39)26(24)42-22-10-8-7-9-11-22)29(37)43-23(19-33-30(2,3)4)20-41-28-27(34-44-35-28)36-13-15-40-16-14-36;1-2-3-9-19-14-10-12(17(20)21)11-15(25(18,22)23)16(14)24-13-7-5-4-6-8-13;1-13(2,3)14-8-10(18)9-20-12-11(15-21-16-12)17-4-6-19-7-5-17;5-3(6)1-2-4(7)8/h2*7-11,17-18,23,32-33H,5-6,12-16,19-20H2,1-4H3,(H2,31,38,39);4-8,10-11,19H,2-3,9H2,1H3,(H,20,21)(H2,18,22,23);10,14,18H,4-9H2,1-3H3;1-2H2,(H,5,6)(H,7,8)/t2*23-;;10-;/m00.0./s1. The van der Waals surface area contributed by atoms with Crippen LogP contribution < -0.4 is 90.4 Å². The lowest BCUT2D eigenvalue weighted by Gasteiger charge is -2.28. The second kappa shape index (κ2) is 57.9. The van der Waals surface area contributed by atoms with Gasteiger partial charge in [0.15, 0.2) is 17.2 Å². The molecular formula is C94H134N18O26S6. The molecule has 0 unspecified atom stereocenters. The van der Waals surface area contributed by atoms with E-state index in [0.29, 0.717) is 150 Å². The van der Waals surface area contributed by atoms with Gasteiger partial charge < -0.3 is 119 Å². The Morgan fingerprint density at radius 3 is 0.958 bits per heavy atom. The van der Waals surface area contributed by atoms with Gasteiger partial charge in [0.25, 0.3) is 17.6 Å². The van der Waals surface area contributed by atoms with E-state index < -0.39 is 78.2 Å². The SMILES string of the molecule is CC(C)(C)NC[C@H](O)COc1nsnc1N1CCOCC1.CCCCNc1cc(C(=O)O)cc(S(N)(=O)=O)c1Oc1ccccc1.CCCCNc1cc(C(=O)O[C@@H](CNC(C)(C)C)COc2nsnc2N2CCOCC2)cc(S(N)(=O)=O)c1Oc1ccccc1.CCCCNc1cc(C(=O)O[C@@H](CNC(C)(C)C)COc2nsnc2N2CCOCC2)cc(S(N)(=O)=O)c1Oc1ccccc1.O=C(O)CCC(=O)O. The van der Waals surface area contributed by atoms with Crippen molar-refractivity contribution < 1.29 is 122 Å². The number of nitrogens with zero attached hydrogens (tertiary/aromatic N) is 9. The van der Waals surface area contributed by atoms with E-state index in [4.69, 9.17) is 77.7 Å². The molecule has 3 aliphatic rings. The van der Waals surface area contributed by atoms with Crippen molar-refractivity contribution in [1.29, 1.82) is 0 Å². The van der Waals surface area contributed by atoms with Crippen molar-refractivity contribution in [2.75, 3.05) is 169 Å². The zero-order valence-corrected chi connectivity index (χ0v) is 87.7. The molecule has 44 nitrogen and oxygen atoms in total. The molecule has 0 amide bonds. The van der Waals surface area contributed by atoms with E-state index in [1.165, 1.54) is 30.3 Å². The molecular weight excluding hydrogens is 1990 g/mol. The zero-order valence-electron chi connectivity index (χ0n) is 82.8. The summed E-state index contributed by atoms with van der Waals surface area (Å²) in [5, 5.41) is 70.9. The molecule has 3 atom stereocenters. The Labute approximate surface area is 852 Å². The summed E-state index contributed by atoms with van der Waals surface area (Å²) in [6, 6.07) is 33.8. The largest absolute Gasteiger partial charge is 0.481 e. The van der Waals surface area contributed by atoms with E-state index in [1.807, 2.05) is 84.2 Å². The van der Waals surface area contributed by atoms with Gasteiger partial charge in [-0.15, -0.1) is 13.1 Å². The van der Waals surface area contributed by atoms with Crippen LogP contribution in [-0.2, 0) is 63.3 Å². The van der Waals surface area contributed by atoms with Crippen LogP contribution in [0.5, 0.6) is 52.1 Å². The predicted octanol–water partition coefficient (Wildman–Crippen LogP) is 11.5. The third kappa shape index (κ3) is 41.5. The minimum absolute atomic E-state index is 0.00249. The number of aliphatic hydroxyl groups excluding tert-OH is 1. The number of benzene rings is 6. The number of unbranched alkanes of at least 4 members (excludes halogenated alkanes) is 3. The maximum Gasteiger partial charge on any atom is 0.338 e. The molecule has 0 spiro atoms. The van der Waals surface area contributed by atoms with Crippen molar-refractivity contribution in [3.8, 4) is 52.1 Å². The number of para-hydroxylation sites is 3. The van der Waals surface area contributed by atoms with Crippen LogP contribution in [0.4, 0.5) is 34.5 Å². The minimum Gasteiger partial charge on any atom is -0.481 e. The topological polar surface area (TPSA) is 608 Å². The summed E-state index contributed by atoms with van der Waals surface area (Å²) >= 11 is 3.20. The number of aliphatic hydroxyl groups is 1. The highest BCUT2D eigenvalue weighted by atomic mass is 32.2. The number of hydrogen-bond donors (Lipinski definition) is 13. The molecule has 12 rings (SSSR count). The number of carbonyl (C=O) groups excluding carboxylic acids is 2. The summed E-state index contributed by atoms with van der Waals surface area (Å²) in [5.41, 5.74) is 0.0721. The molecule has 6 heterocycles.